The van der Waals surface area contributed by atoms with Crippen LogP contribution in [0.2, 0.25) is 0 Å². The second-order valence-corrected chi connectivity index (χ2v) is 6.71. The molecule has 134 valence electrons. The molecule has 1 heterocycles. The normalized spacial score (nSPS) is 17.7. The van der Waals surface area contributed by atoms with E-state index in [4.69, 9.17) is 0 Å². The Hall–Kier alpha value is -2.74. The molecule has 1 atom stereocenters. The zero-order chi connectivity index (χ0) is 18.7. The molecule has 8 heteroatoms. The number of hydrogen-bond acceptors (Lipinski definition) is 4. The Balaban J connectivity index is 1.72. The zero-order valence-corrected chi connectivity index (χ0v) is 14.6. The standard InChI is InChI=1S/C18H15F2N3O2S/c1-21-18(22-13-4-2-3-12(20)9-13)26-15-10-16(24)23(17(15)25)14-7-5-11(19)6-8-14/h2-9,15H,10H2,1H3,(H,21,22)/t15-/m1/s1. The predicted octanol–water partition coefficient (Wildman–Crippen LogP) is 3.43. The highest BCUT2D eigenvalue weighted by Crippen LogP contribution is 2.30. The molecule has 0 saturated carbocycles. The van der Waals surface area contributed by atoms with Crippen LogP contribution >= 0.6 is 11.8 Å². The molecular weight excluding hydrogens is 360 g/mol. The van der Waals surface area contributed by atoms with Gasteiger partial charge in [0.25, 0.3) is 0 Å². The summed E-state index contributed by atoms with van der Waals surface area (Å²) in [6.45, 7) is 0. The number of nitrogens with zero attached hydrogens (tertiary/aromatic N) is 2. The van der Waals surface area contributed by atoms with Crippen LogP contribution in [0.15, 0.2) is 53.5 Å². The molecule has 0 unspecified atom stereocenters. The quantitative estimate of drug-likeness (QED) is 0.507. The number of thioether (sulfide) groups is 1. The number of aliphatic imine (C=N–C) groups is 1. The van der Waals surface area contributed by atoms with Crippen molar-refractivity contribution in [3.8, 4) is 0 Å². The Bertz CT molecular complexity index is 871. The van der Waals surface area contributed by atoms with Gasteiger partial charge in [-0.2, -0.15) is 0 Å². The Kier molecular flexibility index (Phi) is 5.32. The van der Waals surface area contributed by atoms with E-state index in [1.807, 2.05) is 0 Å². The third-order valence-electron chi connectivity index (χ3n) is 3.72. The summed E-state index contributed by atoms with van der Waals surface area (Å²) >= 11 is 1.10. The van der Waals surface area contributed by atoms with Gasteiger partial charge in [-0.15, -0.1) is 0 Å². The van der Waals surface area contributed by atoms with Gasteiger partial charge in [-0.3, -0.25) is 14.6 Å². The van der Waals surface area contributed by atoms with Crippen molar-refractivity contribution in [3.63, 3.8) is 0 Å². The van der Waals surface area contributed by atoms with Crippen LogP contribution in [-0.4, -0.2) is 29.3 Å². The van der Waals surface area contributed by atoms with Gasteiger partial charge >= 0.3 is 0 Å². The van der Waals surface area contributed by atoms with Crippen LogP contribution in [0.4, 0.5) is 20.2 Å². The van der Waals surface area contributed by atoms with E-state index in [0.717, 1.165) is 16.7 Å². The van der Waals surface area contributed by atoms with Crippen LogP contribution < -0.4 is 10.2 Å². The minimum absolute atomic E-state index is 0.00469. The highest BCUT2D eigenvalue weighted by Gasteiger charge is 2.40. The molecule has 1 N–H and O–H groups in total. The number of amides is 2. The lowest BCUT2D eigenvalue weighted by molar-refractivity contribution is -0.121. The fourth-order valence-corrected chi connectivity index (χ4v) is 3.50. The third kappa shape index (κ3) is 3.91. The van der Waals surface area contributed by atoms with Crippen molar-refractivity contribution < 1.29 is 18.4 Å². The van der Waals surface area contributed by atoms with E-state index >= 15 is 0 Å². The summed E-state index contributed by atoms with van der Waals surface area (Å²) in [5.74, 6) is -1.60. The number of anilines is 2. The molecule has 26 heavy (non-hydrogen) atoms. The second-order valence-electron chi connectivity index (χ2n) is 5.52. The fraction of sp³-hybridized carbons (Fsp3) is 0.167. The summed E-state index contributed by atoms with van der Waals surface area (Å²) in [4.78, 5) is 30.0. The average molecular weight is 375 g/mol. The number of carbonyl (C=O) groups is 2. The van der Waals surface area contributed by atoms with Crippen molar-refractivity contribution in [2.75, 3.05) is 17.3 Å². The molecule has 1 aliphatic rings. The van der Waals surface area contributed by atoms with Crippen LogP contribution in [0.1, 0.15) is 6.42 Å². The number of amidine groups is 1. The molecule has 0 aliphatic carbocycles. The lowest BCUT2D eigenvalue weighted by atomic mass is 10.3. The Morgan fingerprint density at radius 2 is 1.88 bits per heavy atom. The van der Waals surface area contributed by atoms with Crippen molar-refractivity contribution >= 4 is 40.1 Å². The number of nitrogens with one attached hydrogen (secondary N) is 1. The maximum atomic E-state index is 13.3. The molecule has 1 fully saturated rings. The Morgan fingerprint density at radius 3 is 2.54 bits per heavy atom. The van der Waals surface area contributed by atoms with Gasteiger partial charge in [-0.25, -0.2) is 13.7 Å². The molecule has 2 amide bonds. The molecule has 0 bridgehead atoms. The van der Waals surface area contributed by atoms with E-state index in [-0.39, 0.29) is 12.3 Å². The number of hydrogen-bond donors (Lipinski definition) is 1. The Morgan fingerprint density at radius 1 is 1.15 bits per heavy atom. The summed E-state index contributed by atoms with van der Waals surface area (Å²) < 4.78 is 26.3. The van der Waals surface area contributed by atoms with Crippen molar-refractivity contribution in [2.45, 2.75) is 11.7 Å². The summed E-state index contributed by atoms with van der Waals surface area (Å²) in [5, 5.41) is 2.67. The molecular formula is C18H15F2N3O2S. The van der Waals surface area contributed by atoms with Crippen LogP contribution in [0.3, 0.4) is 0 Å². The van der Waals surface area contributed by atoms with Crippen molar-refractivity contribution in [3.05, 3.63) is 60.2 Å². The van der Waals surface area contributed by atoms with Gasteiger partial charge < -0.3 is 5.32 Å². The molecule has 1 aliphatic heterocycles. The molecule has 2 aromatic carbocycles. The SMILES string of the molecule is CN=C(Nc1cccc(F)c1)S[C@@H]1CC(=O)N(c2ccc(F)cc2)C1=O. The highest BCUT2D eigenvalue weighted by molar-refractivity contribution is 8.15. The third-order valence-corrected chi connectivity index (χ3v) is 4.88. The van der Waals surface area contributed by atoms with Crippen molar-refractivity contribution in [1.82, 2.24) is 0 Å². The van der Waals surface area contributed by atoms with Gasteiger partial charge in [0.1, 0.15) is 16.9 Å². The lowest BCUT2D eigenvalue weighted by Crippen LogP contribution is -2.31. The van der Waals surface area contributed by atoms with E-state index in [1.54, 1.807) is 12.1 Å². The van der Waals surface area contributed by atoms with E-state index in [1.165, 1.54) is 43.4 Å². The molecule has 2 aromatic rings. The first-order valence-electron chi connectivity index (χ1n) is 7.76. The number of imide groups is 1. The fourth-order valence-electron chi connectivity index (χ4n) is 2.52. The number of carbonyl (C=O) groups excluding carboxylic acids is 2. The summed E-state index contributed by atoms with van der Waals surface area (Å²) in [6.07, 6.45) is 0.00469. The number of rotatable bonds is 3. The van der Waals surface area contributed by atoms with Gasteiger partial charge in [0, 0.05) is 19.2 Å². The maximum Gasteiger partial charge on any atom is 0.247 e. The Labute approximate surface area is 153 Å². The van der Waals surface area contributed by atoms with Gasteiger partial charge in [0.2, 0.25) is 11.8 Å². The first-order chi connectivity index (χ1) is 12.5. The molecule has 0 radical (unpaired) electrons. The first kappa shape index (κ1) is 18.1. The zero-order valence-electron chi connectivity index (χ0n) is 13.8. The van der Waals surface area contributed by atoms with Crippen LogP contribution in [0, 0.1) is 11.6 Å². The van der Waals surface area contributed by atoms with Crippen molar-refractivity contribution in [2.24, 2.45) is 4.99 Å². The largest absolute Gasteiger partial charge is 0.335 e. The maximum absolute atomic E-state index is 13.3. The molecule has 0 spiro atoms. The average Bonchev–Trinajstić information content (AvgIpc) is 2.89. The predicted molar refractivity (Wildman–Crippen MR) is 98.3 cm³/mol. The van der Waals surface area contributed by atoms with Crippen LogP contribution in [0.5, 0.6) is 0 Å². The first-order valence-corrected chi connectivity index (χ1v) is 8.64. The van der Waals surface area contributed by atoms with Crippen molar-refractivity contribution in [1.29, 1.82) is 0 Å². The summed E-state index contributed by atoms with van der Waals surface area (Å²) in [5.41, 5.74) is 0.822. The topological polar surface area (TPSA) is 61.8 Å². The van der Waals surface area contributed by atoms with E-state index < -0.39 is 22.8 Å². The molecule has 3 rings (SSSR count). The van der Waals surface area contributed by atoms with Crippen LogP contribution in [-0.2, 0) is 9.59 Å². The van der Waals surface area contributed by atoms with E-state index in [9.17, 15) is 18.4 Å². The van der Waals surface area contributed by atoms with E-state index in [2.05, 4.69) is 10.3 Å². The minimum atomic E-state index is -0.660. The summed E-state index contributed by atoms with van der Waals surface area (Å²) in [6, 6.07) is 11.0. The lowest BCUT2D eigenvalue weighted by Gasteiger charge is -2.15. The summed E-state index contributed by atoms with van der Waals surface area (Å²) in [7, 11) is 1.54. The smallest absolute Gasteiger partial charge is 0.247 e. The molecule has 1 saturated heterocycles. The monoisotopic (exact) mass is 375 g/mol. The van der Waals surface area contributed by atoms with Gasteiger partial charge in [0.15, 0.2) is 5.17 Å². The second kappa shape index (κ2) is 7.65. The number of benzene rings is 2. The number of halogens is 2. The van der Waals surface area contributed by atoms with Gasteiger partial charge in [-0.1, -0.05) is 17.8 Å². The van der Waals surface area contributed by atoms with Gasteiger partial charge in [-0.05, 0) is 42.5 Å². The van der Waals surface area contributed by atoms with E-state index in [0.29, 0.717) is 16.5 Å². The minimum Gasteiger partial charge on any atom is -0.335 e. The van der Waals surface area contributed by atoms with Crippen LogP contribution in [0.25, 0.3) is 0 Å². The van der Waals surface area contributed by atoms with Gasteiger partial charge in [0.05, 0.1) is 5.69 Å². The molecule has 0 aromatic heterocycles. The molecule has 5 nitrogen and oxygen atoms in total. The highest BCUT2D eigenvalue weighted by atomic mass is 32.2.